The molecule has 0 aliphatic heterocycles. The molecule has 1 saturated carbocycles. The SMILES string of the molecule is CNC(=O)CCC(=O)OC(C)C.OC1CC1. The molecule has 94 valence electrons. The Morgan fingerprint density at radius 2 is 1.88 bits per heavy atom. The van der Waals surface area contributed by atoms with E-state index in [4.69, 9.17) is 9.84 Å². The minimum atomic E-state index is -0.325. The molecule has 16 heavy (non-hydrogen) atoms. The van der Waals surface area contributed by atoms with Gasteiger partial charge < -0.3 is 15.2 Å². The van der Waals surface area contributed by atoms with E-state index in [9.17, 15) is 9.59 Å². The van der Waals surface area contributed by atoms with Gasteiger partial charge in [0, 0.05) is 13.5 Å². The van der Waals surface area contributed by atoms with Crippen LogP contribution in [-0.4, -0.2) is 36.2 Å². The van der Waals surface area contributed by atoms with E-state index in [1.165, 1.54) is 7.05 Å². The molecule has 1 fully saturated rings. The largest absolute Gasteiger partial charge is 0.463 e. The van der Waals surface area contributed by atoms with Crippen LogP contribution in [0.25, 0.3) is 0 Å². The second kappa shape index (κ2) is 8.10. The second-order valence-electron chi connectivity index (χ2n) is 3.94. The van der Waals surface area contributed by atoms with Gasteiger partial charge in [0.1, 0.15) is 0 Å². The number of carbonyl (C=O) groups is 2. The molecule has 0 radical (unpaired) electrons. The summed E-state index contributed by atoms with van der Waals surface area (Å²) in [6, 6.07) is 0. The van der Waals surface area contributed by atoms with Gasteiger partial charge in [0.05, 0.1) is 18.6 Å². The number of hydrogen-bond acceptors (Lipinski definition) is 4. The minimum absolute atomic E-state index is 0.0833. The molecule has 0 aromatic heterocycles. The maximum absolute atomic E-state index is 10.9. The molecule has 0 spiro atoms. The highest BCUT2D eigenvalue weighted by Gasteiger charge is 2.15. The van der Waals surface area contributed by atoms with Gasteiger partial charge in [0.2, 0.25) is 5.91 Å². The summed E-state index contributed by atoms with van der Waals surface area (Å²) in [4.78, 5) is 21.6. The van der Waals surface area contributed by atoms with Gasteiger partial charge in [-0.25, -0.2) is 0 Å². The van der Waals surface area contributed by atoms with Crippen LogP contribution in [0.2, 0.25) is 0 Å². The lowest BCUT2D eigenvalue weighted by Gasteiger charge is -2.06. The average molecular weight is 231 g/mol. The maximum Gasteiger partial charge on any atom is 0.306 e. The van der Waals surface area contributed by atoms with E-state index < -0.39 is 0 Å². The molecule has 0 heterocycles. The van der Waals surface area contributed by atoms with E-state index in [0.717, 1.165) is 12.8 Å². The van der Waals surface area contributed by atoms with Gasteiger partial charge in [-0.3, -0.25) is 9.59 Å². The van der Waals surface area contributed by atoms with Gasteiger partial charge in [-0.2, -0.15) is 0 Å². The quantitative estimate of drug-likeness (QED) is 0.695. The van der Waals surface area contributed by atoms with Crippen molar-refractivity contribution in [1.82, 2.24) is 5.32 Å². The van der Waals surface area contributed by atoms with E-state index >= 15 is 0 Å². The standard InChI is InChI=1S/C8H15NO3.C3H6O/c1-6(2)12-8(11)5-4-7(10)9-3;4-3-1-2-3/h6H,4-5H2,1-3H3,(H,9,10);3-4H,1-2H2. The number of aliphatic hydroxyl groups is 1. The molecule has 1 aliphatic carbocycles. The van der Waals surface area contributed by atoms with Crippen molar-refractivity contribution in [3.05, 3.63) is 0 Å². The Balaban J connectivity index is 0.000000462. The first-order valence-corrected chi connectivity index (χ1v) is 5.53. The summed E-state index contributed by atoms with van der Waals surface area (Å²) >= 11 is 0. The van der Waals surface area contributed by atoms with E-state index in [1.54, 1.807) is 13.8 Å². The Kier molecular flexibility index (Phi) is 7.54. The van der Waals surface area contributed by atoms with Crippen molar-refractivity contribution in [2.24, 2.45) is 0 Å². The fraction of sp³-hybridized carbons (Fsp3) is 0.818. The molecular weight excluding hydrogens is 210 g/mol. The van der Waals surface area contributed by atoms with E-state index in [1.807, 2.05) is 0 Å². The Labute approximate surface area is 96.2 Å². The Bertz CT molecular complexity index is 224. The van der Waals surface area contributed by atoms with Crippen LogP contribution in [0.15, 0.2) is 0 Å². The van der Waals surface area contributed by atoms with E-state index in [-0.39, 0.29) is 36.9 Å². The van der Waals surface area contributed by atoms with Crippen molar-refractivity contribution in [1.29, 1.82) is 0 Å². The molecule has 0 unspecified atom stereocenters. The summed E-state index contributed by atoms with van der Waals surface area (Å²) in [5, 5.41) is 10.6. The van der Waals surface area contributed by atoms with Crippen LogP contribution in [0.1, 0.15) is 39.5 Å². The van der Waals surface area contributed by atoms with Crippen LogP contribution in [0.3, 0.4) is 0 Å². The van der Waals surface area contributed by atoms with Crippen LogP contribution in [0.4, 0.5) is 0 Å². The second-order valence-corrected chi connectivity index (χ2v) is 3.94. The summed E-state index contributed by atoms with van der Waals surface area (Å²) in [7, 11) is 1.54. The number of hydrogen-bond donors (Lipinski definition) is 2. The van der Waals surface area contributed by atoms with Crippen molar-refractivity contribution in [3.63, 3.8) is 0 Å². The van der Waals surface area contributed by atoms with Gasteiger partial charge >= 0.3 is 5.97 Å². The first-order valence-electron chi connectivity index (χ1n) is 5.53. The topological polar surface area (TPSA) is 75.6 Å². The van der Waals surface area contributed by atoms with Gasteiger partial charge in [-0.05, 0) is 26.7 Å². The van der Waals surface area contributed by atoms with Gasteiger partial charge in [-0.15, -0.1) is 0 Å². The van der Waals surface area contributed by atoms with Crippen LogP contribution >= 0.6 is 0 Å². The lowest BCUT2D eigenvalue weighted by atomic mass is 10.3. The molecule has 0 saturated heterocycles. The predicted molar refractivity (Wildman–Crippen MR) is 59.8 cm³/mol. The average Bonchev–Trinajstić information content (AvgIpc) is 2.97. The van der Waals surface area contributed by atoms with Crippen molar-refractivity contribution in [2.45, 2.75) is 51.7 Å². The molecular formula is C11H21NO4. The maximum atomic E-state index is 10.9. The predicted octanol–water partition coefficient (Wildman–Crippen LogP) is 0.605. The van der Waals surface area contributed by atoms with Crippen LogP contribution in [-0.2, 0) is 14.3 Å². The fourth-order valence-corrected chi connectivity index (χ4v) is 0.737. The summed E-state index contributed by atoms with van der Waals surface area (Å²) < 4.78 is 4.83. The minimum Gasteiger partial charge on any atom is -0.463 e. The molecule has 1 rings (SSSR count). The summed E-state index contributed by atoms with van der Waals surface area (Å²) in [6.07, 6.45) is 2.40. The molecule has 0 aromatic rings. The highest BCUT2D eigenvalue weighted by atomic mass is 16.5. The highest BCUT2D eigenvalue weighted by Crippen LogP contribution is 2.16. The third-order valence-electron chi connectivity index (χ3n) is 1.75. The van der Waals surface area contributed by atoms with E-state index in [2.05, 4.69) is 5.32 Å². The third kappa shape index (κ3) is 11.0. The van der Waals surface area contributed by atoms with Crippen LogP contribution in [0, 0.1) is 0 Å². The van der Waals surface area contributed by atoms with Crippen molar-refractivity contribution >= 4 is 11.9 Å². The zero-order valence-electron chi connectivity index (χ0n) is 10.2. The molecule has 2 N–H and O–H groups in total. The first-order chi connectivity index (χ1) is 7.45. The lowest BCUT2D eigenvalue weighted by Crippen LogP contribution is -2.20. The summed E-state index contributed by atoms with van der Waals surface area (Å²) in [6.45, 7) is 3.55. The highest BCUT2D eigenvalue weighted by molar-refractivity contribution is 5.81. The van der Waals surface area contributed by atoms with Gasteiger partial charge in [0.15, 0.2) is 0 Å². The molecule has 0 aromatic carbocycles. The van der Waals surface area contributed by atoms with Crippen LogP contribution in [0.5, 0.6) is 0 Å². The number of nitrogens with one attached hydrogen (secondary N) is 1. The molecule has 1 amide bonds. The zero-order chi connectivity index (χ0) is 12.6. The number of aliphatic hydroxyl groups excluding tert-OH is 1. The summed E-state index contributed by atoms with van der Waals surface area (Å²) in [5.74, 6) is -0.468. The molecule has 0 bridgehead atoms. The number of amides is 1. The Hall–Kier alpha value is -1.10. The molecule has 1 aliphatic rings. The smallest absolute Gasteiger partial charge is 0.306 e. The number of carbonyl (C=O) groups excluding carboxylic acids is 2. The molecule has 0 atom stereocenters. The first kappa shape index (κ1) is 14.9. The lowest BCUT2D eigenvalue weighted by molar-refractivity contribution is -0.148. The monoisotopic (exact) mass is 231 g/mol. The van der Waals surface area contributed by atoms with Crippen LogP contribution < -0.4 is 5.32 Å². The molecule has 5 nitrogen and oxygen atoms in total. The fourth-order valence-electron chi connectivity index (χ4n) is 0.737. The Morgan fingerprint density at radius 1 is 1.38 bits per heavy atom. The Morgan fingerprint density at radius 3 is 2.19 bits per heavy atom. The normalized spacial score (nSPS) is 13.8. The van der Waals surface area contributed by atoms with Crippen molar-refractivity contribution in [3.8, 4) is 0 Å². The zero-order valence-corrected chi connectivity index (χ0v) is 10.2. The number of esters is 1. The number of ether oxygens (including phenoxy) is 1. The van der Waals surface area contributed by atoms with Gasteiger partial charge in [0.25, 0.3) is 0 Å². The third-order valence-corrected chi connectivity index (χ3v) is 1.75. The van der Waals surface area contributed by atoms with Crippen molar-refractivity contribution < 1.29 is 19.4 Å². The number of rotatable bonds is 4. The molecule has 5 heteroatoms. The van der Waals surface area contributed by atoms with Gasteiger partial charge in [-0.1, -0.05) is 0 Å². The van der Waals surface area contributed by atoms with E-state index in [0.29, 0.717) is 0 Å². The van der Waals surface area contributed by atoms with Crippen molar-refractivity contribution in [2.75, 3.05) is 7.05 Å². The summed E-state index contributed by atoms with van der Waals surface area (Å²) in [5.41, 5.74) is 0.